The molecule has 0 bridgehead atoms. The van der Waals surface area contributed by atoms with Gasteiger partial charge in [0.1, 0.15) is 0 Å². The van der Waals surface area contributed by atoms with Gasteiger partial charge in [-0.25, -0.2) is 0 Å². The molecule has 3 heteroatoms. The van der Waals surface area contributed by atoms with Crippen LogP contribution in [0.3, 0.4) is 0 Å². The maximum atomic E-state index is 2.50. The van der Waals surface area contributed by atoms with Gasteiger partial charge in [-0.1, -0.05) is 133 Å². The highest BCUT2D eigenvalue weighted by Gasteiger charge is 2.24. The fraction of sp³-hybridized carbons (Fsp3) is 0. The van der Waals surface area contributed by atoms with Crippen LogP contribution in [-0.4, -0.2) is 4.57 Å². The smallest absolute Gasteiger partial charge is 0.0726 e. The highest BCUT2D eigenvalue weighted by atomic mass is 32.1. The van der Waals surface area contributed by atoms with Gasteiger partial charge in [0.05, 0.1) is 27.1 Å². The SMILES string of the molecule is c1ccc(-n2c3ccc(N(c4cccc5ccccc45)c4cccc5ccccc45)cc3c3c4ccccc4c4c5ccccc5sc4c32)cc1. The molecule has 0 aliphatic carbocycles. The third-order valence-corrected chi connectivity index (χ3v) is 11.7. The number of benzene rings is 9. The molecule has 2 heterocycles. The molecule has 0 spiro atoms. The summed E-state index contributed by atoms with van der Waals surface area (Å²) in [4.78, 5) is 2.47. The Morgan fingerprint density at radius 3 is 1.65 bits per heavy atom. The Morgan fingerprint density at radius 1 is 0.412 bits per heavy atom. The number of nitrogens with zero attached hydrogens (tertiary/aromatic N) is 2. The third kappa shape index (κ3) is 4.16. The first kappa shape index (κ1) is 28.4. The molecule has 11 aromatic rings. The van der Waals surface area contributed by atoms with Gasteiger partial charge in [0.2, 0.25) is 0 Å². The summed E-state index contributed by atoms with van der Waals surface area (Å²) in [6.07, 6.45) is 0. The van der Waals surface area contributed by atoms with Crippen LogP contribution in [0.15, 0.2) is 182 Å². The Morgan fingerprint density at radius 2 is 0.961 bits per heavy atom. The number of anilines is 3. The molecular weight excluding hydrogens is 637 g/mol. The topological polar surface area (TPSA) is 8.17 Å². The predicted molar refractivity (Wildman–Crippen MR) is 221 cm³/mol. The van der Waals surface area contributed by atoms with Gasteiger partial charge in [-0.3, -0.25) is 0 Å². The van der Waals surface area contributed by atoms with Crippen LogP contribution in [0.2, 0.25) is 0 Å². The zero-order valence-electron chi connectivity index (χ0n) is 27.6. The normalized spacial score (nSPS) is 11.9. The standard InChI is InChI=1S/C48H30N2S/c1-2-18-33(19-3-1)50-43-29-28-34(30-40(43)45-37-22-8-9-23-38(37)46-39-24-10-11-27-44(39)51-48(46)47(45)50)49(41-25-12-16-31-14-4-6-20-35(31)41)42-26-13-17-32-15-5-7-21-36(32)42/h1-30H. The second kappa shape index (κ2) is 11.0. The van der Waals surface area contributed by atoms with E-state index in [1.807, 2.05) is 11.3 Å². The third-order valence-electron chi connectivity index (χ3n) is 10.5. The minimum atomic E-state index is 1.13. The molecule has 0 unspecified atom stereocenters. The molecule has 0 radical (unpaired) electrons. The van der Waals surface area contributed by atoms with Crippen molar-refractivity contribution >= 4 is 103 Å². The van der Waals surface area contributed by atoms with Gasteiger partial charge in [0, 0.05) is 48.4 Å². The summed E-state index contributed by atoms with van der Waals surface area (Å²) < 4.78 is 5.14. The molecule has 2 nitrogen and oxygen atoms in total. The summed E-state index contributed by atoms with van der Waals surface area (Å²) in [5.74, 6) is 0. The average molecular weight is 667 g/mol. The molecule has 0 amide bonds. The van der Waals surface area contributed by atoms with E-state index < -0.39 is 0 Å². The molecular formula is C48H30N2S. The quantitative estimate of drug-likeness (QED) is 0.181. The van der Waals surface area contributed by atoms with E-state index >= 15 is 0 Å². The number of hydrogen-bond acceptors (Lipinski definition) is 2. The first-order valence-electron chi connectivity index (χ1n) is 17.4. The van der Waals surface area contributed by atoms with Crippen molar-refractivity contribution in [3.63, 3.8) is 0 Å². The first-order chi connectivity index (χ1) is 25.3. The molecule has 0 saturated heterocycles. The van der Waals surface area contributed by atoms with Crippen molar-refractivity contribution in [2.45, 2.75) is 0 Å². The van der Waals surface area contributed by atoms with E-state index in [1.54, 1.807) is 0 Å². The van der Waals surface area contributed by atoms with E-state index in [1.165, 1.54) is 80.0 Å². The summed E-state index contributed by atoms with van der Waals surface area (Å²) in [6, 6.07) is 66.6. The maximum absolute atomic E-state index is 2.50. The van der Waals surface area contributed by atoms with E-state index in [2.05, 4.69) is 191 Å². The summed E-state index contributed by atoms with van der Waals surface area (Å²) in [6.45, 7) is 0. The zero-order valence-corrected chi connectivity index (χ0v) is 28.4. The van der Waals surface area contributed by atoms with Gasteiger partial charge in [-0.05, 0) is 70.1 Å². The van der Waals surface area contributed by atoms with Crippen molar-refractivity contribution in [3.8, 4) is 5.69 Å². The van der Waals surface area contributed by atoms with Gasteiger partial charge >= 0.3 is 0 Å². The van der Waals surface area contributed by atoms with E-state index in [0.717, 1.165) is 17.1 Å². The lowest BCUT2D eigenvalue weighted by Gasteiger charge is -2.28. The highest BCUT2D eigenvalue weighted by molar-refractivity contribution is 7.27. The second-order valence-corrected chi connectivity index (χ2v) is 14.3. The Bertz CT molecular complexity index is 3060. The van der Waals surface area contributed by atoms with Gasteiger partial charge < -0.3 is 9.47 Å². The largest absolute Gasteiger partial charge is 0.309 e. The number of rotatable bonds is 4. The molecule has 0 atom stereocenters. The maximum Gasteiger partial charge on any atom is 0.0726 e. The molecule has 0 saturated carbocycles. The number of fused-ring (bicyclic) bond motifs is 12. The first-order valence-corrected chi connectivity index (χ1v) is 18.3. The molecule has 2 aromatic heterocycles. The molecule has 0 N–H and O–H groups in total. The lowest BCUT2D eigenvalue weighted by Crippen LogP contribution is -2.11. The van der Waals surface area contributed by atoms with Crippen LogP contribution in [-0.2, 0) is 0 Å². The van der Waals surface area contributed by atoms with Crippen LogP contribution in [0.4, 0.5) is 17.1 Å². The van der Waals surface area contributed by atoms with Crippen molar-refractivity contribution < 1.29 is 0 Å². The van der Waals surface area contributed by atoms with Gasteiger partial charge in [-0.15, -0.1) is 11.3 Å². The van der Waals surface area contributed by atoms with Crippen LogP contribution in [0.5, 0.6) is 0 Å². The van der Waals surface area contributed by atoms with Crippen LogP contribution in [0.1, 0.15) is 0 Å². The summed E-state index contributed by atoms with van der Waals surface area (Å²) in [7, 11) is 0. The molecule has 9 aromatic carbocycles. The Balaban J connectivity index is 1.32. The number of hydrogen-bond donors (Lipinski definition) is 0. The predicted octanol–water partition coefficient (Wildman–Crippen LogP) is 14.1. The van der Waals surface area contributed by atoms with Crippen molar-refractivity contribution in [1.82, 2.24) is 4.57 Å². The van der Waals surface area contributed by atoms with Crippen molar-refractivity contribution in [3.05, 3.63) is 182 Å². The lowest BCUT2D eigenvalue weighted by atomic mass is 9.98. The summed E-state index contributed by atoms with van der Waals surface area (Å²) in [5.41, 5.74) is 7.08. The number of para-hydroxylation sites is 1. The Hall–Kier alpha value is -6.42. The molecule has 238 valence electrons. The van der Waals surface area contributed by atoms with Crippen molar-refractivity contribution in [1.29, 1.82) is 0 Å². The fourth-order valence-electron chi connectivity index (χ4n) is 8.36. The van der Waals surface area contributed by atoms with E-state index in [0.29, 0.717) is 0 Å². The van der Waals surface area contributed by atoms with Gasteiger partial charge in [0.15, 0.2) is 0 Å². The van der Waals surface area contributed by atoms with E-state index in [9.17, 15) is 0 Å². The Kier molecular flexibility index (Phi) is 6.16. The minimum Gasteiger partial charge on any atom is -0.309 e. The molecule has 11 rings (SSSR count). The highest BCUT2D eigenvalue weighted by Crippen LogP contribution is 2.49. The van der Waals surface area contributed by atoms with Crippen LogP contribution in [0, 0.1) is 0 Å². The molecule has 0 aliphatic heterocycles. The number of thiophene rings is 1. The lowest BCUT2D eigenvalue weighted by molar-refractivity contribution is 1.19. The van der Waals surface area contributed by atoms with Crippen LogP contribution in [0.25, 0.3) is 80.0 Å². The van der Waals surface area contributed by atoms with E-state index in [-0.39, 0.29) is 0 Å². The van der Waals surface area contributed by atoms with Gasteiger partial charge in [-0.2, -0.15) is 0 Å². The van der Waals surface area contributed by atoms with Crippen molar-refractivity contribution in [2.75, 3.05) is 4.90 Å². The van der Waals surface area contributed by atoms with Crippen LogP contribution < -0.4 is 4.90 Å². The fourth-order valence-corrected chi connectivity index (χ4v) is 9.62. The van der Waals surface area contributed by atoms with Gasteiger partial charge in [0.25, 0.3) is 0 Å². The van der Waals surface area contributed by atoms with E-state index in [4.69, 9.17) is 0 Å². The van der Waals surface area contributed by atoms with Crippen molar-refractivity contribution in [2.24, 2.45) is 0 Å². The summed E-state index contributed by atoms with van der Waals surface area (Å²) in [5, 5.41) is 12.7. The average Bonchev–Trinajstić information content (AvgIpc) is 3.75. The zero-order chi connectivity index (χ0) is 33.5. The monoisotopic (exact) mass is 666 g/mol. The molecule has 51 heavy (non-hydrogen) atoms. The summed E-state index contributed by atoms with van der Waals surface area (Å²) >= 11 is 1.91. The number of aromatic nitrogens is 1. The molecule has 0 fully saturated rings. The van der Waals surface area contributed by atoms with Crippen LogP contribution >= 0.6 is 11.3 Å². The Labute approximate surface area is 298 Å². The minimum absolute atomic E-state index is 1.13. The molecule has 0 aliphatic rings. The second-order valence-electron chi connectivity index (χ2n) is 13.3.